The summed E-state index contributed by atoms with van der Waals surface area (Å²) in [6.45, 7) is 2.12. The van der Waals surface area contributed by atoms with Crippen LogP contribution in [0.15, 0.2) is 54.6 Å². The van der Waals surface area contributed by atoms with E-state index in [1.165, 1.54) is 5.56 Å². The van der Waals surface area contributed by atoms with Crippen LogP contribution in [0, 0.1) is 11.3 Å². The van der Waals surface area contributed by atoms with Crippen molar-refractivity contribution in [3.05, 3.63) is 65.7 Å². The van der Waals surface area contributed by atoms with Crippen LogP contribution in [-0.2, 0) is 0 Å². The van der Waals surface area contributed by atoms with Crippen molar-refractivity contribution in [2.45, 2.75) is 19.4 Å². The van der Waals surface area contributed by atoms with Crippen molar-refractivity contribution in [1.29, 1.82) is 5.26 Å². The average Bonchev–Trinajstić information content (AvgIpc) is 2.54. The Balaban J connectivity index is 1.98. The van der Waals surface area contributed by atoms with Crippen LogP contribution in [-0.4, -0.2) is 5.11 Å². The van der Waals surface area contributed by atoms with Crippen LogP contribution < -0.4 is 10.6 Å². The van der Waals surface area contributed by atoms with E-state index < -0.39 is 0 Å². The topological polar surface area (TPSA) is 47.8 Å². The maximum absolute atomic E-state index is 8.78. The summed E-state index contributed by atoms with van der Waals surface area (Å²) in [6, 6.07) is 19.7. The minimum Gasteiger partial charge on any atom is -0.356 e. The van der Waals surface area contributed by atoms with Crippen molar-refractivity contribution in [2.75, 3.05) is 5.32 Å². The Hall–Kier alpha value is -2.38. The summed E-state index contributed by atoms with van der Waals surface area (Å²) in [7, 11) is 0. The molecule has 2 N–H and O–H groups in total. The van der Waals surface area contributed by atoms with E-state index >= 15 is 0 Å². The highest BCUT2D eigenvalue weighted by Crippen LogP contribution is 2.16. The lowest BCUT2D eigenvalue weighted by atomic mass is 10.1. The number of nitrogens with zero attached hydrogens (tertiary/aromatic N) is 1. The maximum Gasteiger partial charge on any atom is 0.171 e. The molecule has 0 unspecified atom stereocenters. The van der Waals surface area contributed by atoms with Crippen molar-refractivity contribution in [1.82, 2.24) is 5.32 Å². The van der Waals surface area contributed by atoms with Crippen LogP contribution in [0.5, 0.6) is 0 Å². The molecule has 21 heavy (non-hydrogen) atoms. The van der Waals surface area contributed by atoms with Gasteiger partial charge in [0.05, 0.1) is 17.7 Å². The summed E-state index contributed by atoms with van der Waals surface area (Å²) in [6.07, 6.45) is 0.944. The van der Waals surface area contributed by atoms with Crippen LogP contribution in [0.4, 0.5) is 5.69 Å². The molecule has 0 saturated carbocycles. The average molecular weight is 295 g/mol. The van der Waals surface area contributed by atoms with E-state index in [0.29, 0.717) is 10.7 Å². The summed E-state index contributed by atoms with van der Waals surface area (Å²) < 4.78 is 0. The molecule has 2 aromatic carbocycles. The highest BCUT2D eigenvalue weighted by atomic mass is 32.1. The van der Waals surface area contributed by atoms with Gasteiger partial charge in [-0.3, -0.25) is 0 Å². The monoisotopic (exact) mass is 295 g/mol. The molecule has 2 rings (SSSR count). The van der Waals surface area contributed by atoms with E-state index in [2.05, 4.69) is 35.8 Å². The molecular formula is C17H17N3S. The second-order valence-electron chi connectivity index (χ2n) is 4.66. The third-order valence-electron chi connectivity index (χ3n) is 3.19. The van der Waals surface area contributed by atoms with E-state index in [1.807, 2.05) is 30.3 Å². The van der Waals surface area contributed by atoms with Gasteiger partial charge in [0.2, 0.25) is 0 Å². The first-order valence-electron chi connectivity index (χ1n) is 6.85. The smallest absolute Gasteiger partial charge is 0.171 e. The highest BCUT2D eigenvalue weighted by Gasteiger charge is 2.09. The summed E-state index contributed by atoms with van der Waals surface area (Å²) in [4.78, 5) is 0. The van der Waals surface area contributed by atoms with Gasteiger partial charge in [-0.2, -0.15) is 5.26 Å². The lowest BCUT2D eigenvalue weighted by Crippen LogP contribution is -2.32. The number of rotatable bonds is 4. The van der Waals surface area contributed by atoms with E-state index in [1.54, 1.807) is 12.1 Å². The summed E-state index contributed by atoms with van der Waals surface area (Å²) in [5.41, 5.74) is 2.72. The van der Waals surface area contributed by atoms with Gasteiger partial charge in [0.1, 0.15) is 0 Å². The molecule has 0 amide bonds. The first kappa shape index (κ1) is 15.0. The molecule has 2 aromatic rings. The predicted molar refractivity (Wildman–Crippen MR) is 90.0 cm³/mol. The first-order valence-corrected chi connectivity index (χ1v) is 7.26. The van der Waals surface area contributed by atoms with Crippen LogP contribution in [0.25, 0.3) is 0 Å². The minimum absolute atomic E-state index is 0.185. The molecule has 1 atom stereocenters. The van der Waals surface area contributed by atoms with Gasteiger partial charge >= 0.3 is 0 Å². The zero-order valence-corrected chi connectivity index (χ0v) is 12.7. The highest BCUT2D eigenvalue weighted by molar-refractivity contribution is 7.80. The van der Waals surface area contributed by atoms with Crippen LogP contribution >= 0.6 is 12.2 Å². The van der Waals surface area contributed by atoms with Crippen LogP contribution in [0.1, 0.15) is 30.5 Å². The Morgan fingerprint density at radius 1 is 1.14 bits per heavy atom. The van der Waals surface area contributed by atoms with Crippen molar-refractivity contribution < 1.29 is 0 Å². The van der Waals surface area contributed by atoms with Gasteiger partial charge in [0, 0.05) is 5.69 Å². The van der Waals surface area contributed by atoms with Gasteiger partial charge in [-0.15, -0.1) is 0 Å². The van der Waals surface area contributed by atoms with Crippen molar-refractivity contribution >= 4 is 23.0 Å². The molecule has 0 aliphatic heterocycles. The molecule has 0 aliphatic carbocycles. The van der Waals surface area contributed by atoms with Gasteiger partial charge in [-0.05, 0) is 48.5 Å². The first-order chi connectivity index (χ1) is 10.2. The van der Waals surface area contributed by atoms with Crippen LogP contribution in [0.3, 0.4) is 0 Å². The Morgan fingerprint density at radius 3 is 2.38 bits per heavy atom. The van der Waals surface area contributed by atoms with Gasteiger partial charge in [-0.1, -0.05) is 37.3 Å². The number of nitriles is 1. The molecule has 3 nitrogen and oxygen atoms in total. The van der Waals surface area contributed by atoms with Crippen LogP contribution in [0.2, 0.25) is 0 Å². The number of hydrogen-bond donors (Lipinski definition) is 2. The second-order valence-corrected chi connectivity index (χ2v) is 5.07. The summed E-state index contributed by atoms with van der Waals surface area (Å²) in [5.74, 6) is 0. The molecule has 4 heteroatoms. The molecule has 0 radical (unpaired) electrons. The van der Waals surface area contributed by atoms with Gasteiger partial charge in [-0.25, -0.2) is 0 Å². The lowest BCUT2D eigenvalue weighted by molar-refractivity contribution is 0.629. The van der Waals surface area contributed by atoms with Crippen molar-refractivity contribution in [3.63, 3.8) is 0 Å². The van der Waals surface area contributed by atoms with Crippen molar-refractivity contribution in [3.8, 4) is 6.07 Å². The molecule has 0 bridgehead atoms. The lowest BCUT2D eigenvalue weighted by Gasteiger charge is -2.20. The standard InChI is InChI=1S/C17H17N3S/c1-2-16(14-6-4-3-5-7-14)20-17(21)19-15-10-8-13(12-18)9-11-15/h3-11,16H,2H2,1H3,(H2,19,20,21)/t16-/m0/s1. The molecule has 0 aromatic heterocycles. The largest absolute Gasteiger partial charge is 0.356 e. The Labute approximate surface area is 130 Å². The minimum atomic E-state index is 0.185. The molecule has 0 fully saturated rings. The zero-order valence-electron chi connectivity index (χ0n) is 11.8. The SMILES string of the molecule is CC[C@H](NC(=S)Nc1ccc(C#N)cc1)c1ccccc1. The Bertz CT molecular complexity index is 629. The number of hydrogen-bond acceptors (Lipinski definition) is 2. The fraction of sp³-hybridized carbons (Fsp3) is 0.176. The number of thiocarbonyl (C=S) groups is 1. The Kier molecular flexibility index (Phi) is 5.30. The predicted octanol–water partition coefficient (Wildman–Crippen LogP) is 4.00. The Morgan fingerprint density at radius 2 is 1.81 bits per heavy atom. The fourth-order valence-electron chi connectivity index (χ4n) is 2.06. The van der Waals surface area contributed by atoms with E-state index in [9.17, 15) is 0 Å². The normalized spacial score (nSPS) is 11.2. The van der Waals surface area contributed by atoms with Crippen molar-refractivity contribution in [2.24, 2.45) is 0 Å². The van der Waals surface area contributed by atoms with Gasteiger partial charge in [0.25, 0.3) is 0 Å². The number of nitrogens with one attached hydrogen (secondary N) is 2. The summed E-state index contributed by atoms with van der Waals surface area (Å²) in [5, 5.41) is 15.8. The van der Waals surface area contributed by atoms with Gasteiger partial charge in [0.15, 0.2) is 5.11 Å². The second kappa shape index (κ2) is 7.41. The number of benzene rings is 2. The van der Waals surface area contributed by atoms with E-state index in [-0.39, 0.29) is 6.04 Å². The summed E-state index contributed by atoms with van der Waals surface area (Å²) >= 11 is 5.35. The molecular weight excluding hydrogens is 278 g/mol. The molecule has 0 heterocycles. The third kappa shape index (κ3) is 4.30. The maximum atomic E-state index is 8.78. The molecule has 0 aliphatic rings. The fourth-order valence-corrected chi connectivity index (χ4v) is 2.32. The molecule has 106 valence electrons. The number of anilines is 1. The van der Waals surface area contributed by atoms with E-state index in [0.717, 1.165) is 12.1 Å². The third-order valence-corrected chi connectivity index (χ3v) is 3.41. The zero-order chi connectivity index (χ0) is 15.1. The van der Waals surface area contributed by atoms with E-state index in [4.69, 9.17) is 17.5 Å². The van der Waals surface area contributed by atoms with Gasteiger partial charge < -0.3 is 10.6 Å². The molecule has 0 saturated heterocycles. The molecule has 0 spiro atoms. The quantitative estimate of drug-likeness (QED) is 0.837.